The third-order valence-electron chi connectivity index (χ3n) is 2.29. The number of hydrogen-bond donors (Lipinski definition) is 0. The summed E-state index contributed by atoms with van der Waals surface area (Å²) >= 11 is 3.38. The van der Waals surface area contributed by atoms with E-state index in [-0.39, 0.29) is 0 Å². The summed E-state index contributed by atoms with van der Waals surface area (Å²) in [4.78, 5) is 3.94. The van der Waals surface area contributed by atoms with Crippen LogP contribution in [-0.4, -0.2) is 4.98 Å². The Morgan fingerprint density at radius 3 is 2.35 bits per heavy atom. The third kappa shape index (κ3) is 3.02. The second-order valence-corrected chi connectivity index (χ2v) is 4.37. The van der Waals surface area contributed by atoms with Gasteiger partial charge in [0.25, 0.3) is 0 Å². The van der Waals surface area contributed by atoms with Gasteiger partial charge in [-0.05, 0) is 41.5 Å². The van der Waals surface area contributed by atoms with E-state index < -0.39 is 0 Å². The van der Waals surface area contributed by atoms with Crippen LogP contribution in [0.15, 0.2) is 53.3 Å². The van der Waals surface area contributed by atoms with Gasteiger partial charge in [0.15, 0.2) is 0 Å². The maximum atomic E-state index is 9.15. The normalized spacial score (nSPS) is 10.9. The lowest BCUT2D eigenvalue weighted by atomic mass is 10.1. The lowest BCUT2D eigenvalue weighted by Gasteiger charge is -1.99. The van der Waals surface area contributed by atoms with Gasteiger partial charge in [0, 0.05) is 16.9 Å². The third-order valence-corrected chi connectivity index (χ3v) is 2.82. The Morgan fingerprint density at radius 1 is 1.12 bits per heavy atom. The molecule has 0 aliphatic heterocycles. The number of halogens is 1. The minimum absolute atomic E-state index is 0.634. The number of allylic oxidation sites excluding steroid dienone is 1. The van der Waals surface area contributed by atoms with Crippen LogP contribution in [0.25, 0.3) is 11.6 Å². The first-order valence-electron chi connectivity index (χ1n) is 5.07. The average molecular weight is 285 g/mol. The monoisotopic (exact) mass is 284 g/mol. The van der Waals surface area contributed by atoms with Gasteiger partial charge in [0.05, 0.1) is 11.6 Å². The number of hydrogen-bond acceptors (Lipinski definition) is 2. The summed E-state index contributed by atoms with van der Waals surface area (Å²) in [5.41, 5.74) is 2.52. The highest BCUT2D eigenvalue weighted by atomic mass is 79.9. The summed E-state index contributed by atoms with van der Waals surface area (Å²) in [7, 11) is 0. The van der Waals surface area contributed by atoms with Crippen molar-refractivity contribution in [2.45, 2.75) is 0 Å². The summed E-state index contributed by atoms with van der Waals surface area (Å²) < 4.78 is 1.03. The van der Waals surface area contributed by atoms with Crippen molar-refractivity contribution in [2.24, 2.45) is 0 Å². The maximum absolute atomic E-state index is 9.15. The minimum Gasteiger partial charge on any atom is -0.265 e. The van der Waals surface area contributed by atoms with Gasteiger partial charge in [0.1, 0.15) is 0 Å². The first-order chi connectivity index (χ1) is 8.29. The van der Waals surface area contributed by atoms with E-state index in [1.54, 1.807) is 12.4 Å². The van der Waals surface area contributed by atoms with Crippen LogP contribution in [0.3, 0.4) is 0 Å². The number of benzene rings is 1. The van der Waals surface area contributed by atoms with Crippen molar-refractivity contribution in [3.05, 3.63) is 64.4 Å². The molecule has 3 heteroatoms. The van der Waals surface area contributed by atoms with E-state index in [0.717, 1.165) is 15.6 Å². The van der Waals surface area contributed by atoms with Crippen LogP contribution in [-0.2, 0) is 0 Å². The van der Waals surface area contributed by atoms with Crippen molar-refractivity contribution in [3.63, 3.8) is 0 Å². The summed E-state index contributed by atoms with van der Waals surface area (Å²) in [6.45, 7) is 0. The molecule has 1 heterocycles. The predicted molar refractivity (Wildman–Crippen MR) is 71.9 cm³/mol. The SMILES string of the molecule is N#C/C(=C\c1ccc(Br)cc1)c1ccncc1. The van der Waals surface area contributed by atoms with Crippen LogP contribution in [0.5, 0.6) is 0 Å². The molecule has 0 saturated heterocycles. The molecule has 0 N–H and O–H groups in total. The fourth-order valence-corrected chi connectivity index (χ4v) is 1.70. The molecule has 82 valence electrons. The molecule has 2 nitrogen and oxygen atoms in total. The van der Waals surface area contributed by atoms with Crippen LogP contribution in [0, 0.1) is 11.3 Å². The summed E-state index contributed by atoms with van der Waals surface area (Å²) in [5, 5.41) is 9.15. The summed E-state index contributed by atoms with van der Waals surface area (Å²) in [6.07, 6.45) is 5.23. The van der Waals surface area contributed by atoms with Crippen LogP contribution in [0.1, 0.15) is 11.1 Å². The van der Waals surface area contributed by atoms with Crippen molar-refractivity contribution >= 4 is 27.6 Å². The molecule has 2 aromatic rings. The first-order valence-corrected chi connectivity index (χ1v) is 5.86. The number of pyridine rings is 1. The van der Waals surface area contributed by atoms with E-state index in [0.29, 0.717) is 5.57 Å². The average Bonchev–Trinajstić information content (AvgIpc) is 2.39. The quantitative estimate of drug-likeness (QED) is 0.784. The van der Waals surface area contributed by atoms with E-state index in [4.69, 9.17) is 5.26 Å². The first kappa shape index (κ1) is 11.6. The topological polar surface area (TPSA) is 36.7 Å². The summed E-state index contributed by atoms with van der Waals surface area (Å²) in [5.74, 6) is 0. The molecule has 0 amide bonds. The Bertz CT molecular complexity index is 565. The molecule has 0 radical (unpaired) electrons. The van der Waals surface area contributed by atoms with Crippen molar-refractivity contribution < 1.29 is 0 Å². The van der Waals surface area contributed by atoms with Gasteiger partial charge in [-0.1, -0.05) is 28.1 Å². The second kappa shape index (κ2) is 5.42. The Morgan fingerprint density at radius 2 is 1.76 bits per heavy atom. The predicted octanol–water partition coefficient (Wildman–Crippen LogP) is 3.91. The van der Waals surface area contributed by atoms with E-state index in [1.807, 2.05) is 42.5 Å². The molecule has 1 aromatic heterocycles. The molecule has 0 aliphatic rings. The molecule has 0 atom stereocenters. The molecule has 0 spiro atoms. The van der Waals surface area contributed by atoms with Gasteiger partial charge in [-0.2, -0.15) is 5.26 Å². The van der Waals surface area contributed by atoms with Gasteiger partial charge < -0.3 is 0 Å². The molecule has 0 fully saturated rings. The van der Waals surface area contributed by atoms with Gasteiger partial charge in [-0.25, -0.2) is 0 Å². The minimum atomic E-state index is 0.634. The highest BCUT2D eigenvalue weighted by Gasteiger charge is 1.99. The zero-order valence-electron chi connectivity index (χ0n) is 8.97. The highest BCUT2D eigenvalue weighted by molar-refractivity contribution is 9.10. The lowest BCUT2D eigenvalue weighted by molar-refractivity contribution is 1.32. The number of nitrogens with zero attached hydrogens (tertiary/aromatic N) is 2. The van der Waals surface area contributed by atoms with Crippen LogP contribution in [0.2, 0.25) is 0 Å². The molecule has 0 unspecified atom stereocenters. The van der Waals surface area contributed by atoms with E-state index in [2.05, 4.69) is 27.0 Å². The van der Waals surface area contributed by atoms with E-state index >= 15 is 0 Å². The maximum Gasteiger partial charge on any atom is 0.0998 e. The zero-order chi connectivity index (χ0) is 12.1. The Labute approximate surface area is 108 Å². The fourth-order valence-electron chi connectivity index (χ4n) is 1.44. The molecule has 17 heavy (non-hydrogen) atoms. The second-order valence-electron chi connectivity index (χ2n) is 3.46. The van der Waals surface area contributed by atoms with Gasteiger partial charge in [0.2, 0.25) is 0 Å². The number of nitriles is 1. The number of aromatic nitrogens is 1. The largest absolute Gasteiger partial charge is 0.265 e. The molecule has 0 saturated carbocycles. The van der Waals surface area contributed by atoms with Crippen molar-refractivity contribution in [2.75, 3.05) is 0 Å². The van der Waals surface area contributed by atoms with E-state index in [9.17, 15) is 0 Å². The molecular formula is C14H9BrN2. The molecule has 0 aliphatic carbocycles. The van der Waals surface area contributed by atoms with Crippen LogP contribution < -0.4 is 0 Å². The Hall–Kier alpha value is -1.92. The molecular weight excluding hydrogens is 276 g/mol. The summed E-state index contributed by atoms with van der Waals surface area (Å²) in [6, 6.07) is 13.7. The Balaban J connectivity index is 2.37. The molecule has 0 bridgehead atoms. The van der Waals surface area contributed by atoms with Crippen molar-refractivity contribution in [3.8, 4) is 6.07 Å². The standard InChI is InChI=1S/C14H9BrN2/c15-14-3-1-11(2-4-14)9-13(10-16)12-5-7-17-8-6-12/h1-9H/b13-9+. The van der Waals surface area contributed by atoms with Crippen LogP contribution in [0.4, 0.5) is 0 Å². The van der Waals surface area contributed by atoms with Gasteiger partial charge in [-0.15, -0.1) is 0 Å². The molecule has 2 rings (SSSR count). The fraction of sp³-hybridized carbons (Fsp3) is 0. The highest BCUT2D eigenvalue weighted by Crippen LogP contribution is 2.18. The smallest absolute Gasteiger partial charge is 0.0998 e. The van der Waals surface area contributed by atoms with E-state index in [1.165, 1.54) is 0 Å². The lowest BCUT2D eigenvalue weighted by Crippen LogP contribution is -1.82. The number of rotatable bonds is 2. The zero-order valence-corrected chi connectivity index (χ0v) is 10.6. The van der Waals surface area contributed by atoms with Gasteiger partial charge >= 0.3 is 0 Å². The van der Waals surface area contributed by atoms with Crippen molar-refractivity contribution in [1.29, 1.82) is 5.26 Å². The Kier molecular flexibility index (Phi) is 3.69. The van der Waals surface area contributed by atoms with Crippen LogP contribution >= 0.6 is 15.9 Å². The molecule has 1 aromatic carbocycles. The van der Waals surface area contributed by atoms with Gasteiger partial charge in [-0.3, -0.25) is 4.98 Å². The van der Waals surface area contributed by atoms with Crippen molar-refractivity contribution in [1.82, 2.24) is 4.98 Å².